The number of anilines is 1. The van der Waals surface area contributed by atoms with E-state index in [9.17, 15) is 0 Å². The number of hydrogen-bond donors (Lipinski definition) is 0. The summed E-state index contributed by atoms with van der Waals surface area (Å²) in [5.74, 6) is 1.02. The van der Waals surface area contributed by atoms with Gasteiger partial charge in [0.2, 0.25) is 0 Å². The molecule has 0 aliphatic carbocycles. The van der Waals surface area contributed by atoms with Crippen molar-refractivity contribution in [2.45, 2.75) is 6.92 Å². The Morgan fingerprint density at radius 1 is 1.47 bits per heavy atom. The minimum absolute atomic E-state index is 0.483. The number of fused-ring (bicyclic) bond motifs is 1. The molecule has 0 N–H and O–H groups in total. The first-order valence-electron chi connectivity index (χ1n) is 4.83. The molecule has 2 aromatic rings. The zero-order chi connectivity index (χ0) is 11.0. The lowest BCUT2D eigenvalue weighted by Gasteiger charge is -2.14. The first kappa shape index (κ1) is 10.3. The summed E-state index contributed by atoms with van der Waals surface area (Å²) in [4.78, 5) is 6.46. The minimum Gasteiger partial charge on any atom is -0.361 e. The molecule has 0 unspecified atom stereocenters. The highest BCUT2D eigenvalue weighted by atomic mass is 35.5. The van der Waals surface area contributed by atoms with Crippen LogP contribution in [0.25, 0.3) is 11.0 Å². The lowest BCUT2D eigenvalue weighted by molar-refractivity contribution is 0.886. The number of hydrogen-bond acceptors (Lipinski definition) is 2. The predicted octanol–water partition coefficient (Wildman–Crippen LogP) is 2.51. The molecule has 15 heavy (non-hydrogen) atoms. The van der Waals surface area contributed by atoms with Crippen molar-refractivity contribution < 1.29 is 0 Å². The van der Waals surface area contributed by atoms with Gasteiger partial charge >= 0.3 is 0 Å². The van der Waals surface area contributed by atoms with E-state index in [2.05, 4.69) is 27.8 Å². The second-order valence-corrected chi connectivity index (χ2v) is 3.95. The number of rotatable bonds is 2. The van der Waals surface area contributed by atoms with Crippen molar-refractivity contribution >= 4 is 28.3 Å². The third-order valence-electron chi connectivity index (χ3n) is 2.71. The third kappa shape index (κ3) is 1.67. The van der Waals surface area contributed by atoms with Gasteiger partial charge in [0.1, 0.15) is 5.82 Å². The van der Waals surface area contributed by atoms with Crippen molar-refractivity contribution in [2.75, 3.05) is 18.0 Å². The quantitative estimate of drug-likeness (QED) is 0.576. The van der Waals surface area contributed by atoms with Crippen LogP contribution in [0.5, 0.6) is 0 Å². The average molecular weight is 224 g/mol. The maximum absolute atomic E-state index is 5.77. The molecule has 0 atom stereocenters. The molecule has 0 amide bonds. The van der Waals surface area contributed by atoms with E-state index in [1.807, 2.05) is 25.9 Å². The van der Waals surface area contributed by atoms with Crippen LogP contribution in [0.2, 0.25) is 0 Å². The lowest BCUT2D eigenvalue weighted by atomic mass is 10.2. The molecule has 0 saturated carbocycles. The monoisotopic (exact) mass is 223 g/mol. The fourth-order valence-corrected chi connectivity index (χ4v) is 1.75. The van der Waals surface area contributed by atoms with Gasteiger partial charge in [-0.2, -0.15) is 0 Å². The van der Waals surface area contributed by atoms with E-state index in [4.69, 9.17) is 11.6 Å². The highest BCUT2D eigenvalue weighted by Gasteiger charge is 2.06. The molecule has 1 aromatic heterocycles. The number of nitrogens with zero attached hydrogens (tertiary/aromatic N) is 3. The van der Waals surface area contributed by atoms with Gasteiger partial charge in [0.05, 0.1) is 17.0 Å². The smallest absolute Gasteiger partial charge is 0.106 e. The number of aryl methyl sites for hydroxylation is 2. The summed E-state index contributed by atoms with van der Waals surface area (Å²) < 4.78 is 2.08. The topological polar surface area (TPSA) is 21.1 Å². The van der Waals surface area contributed by atoms with E-state index in [0.29, 0.717) is 6.00 Å². The van der Waals surface area contributed by atoms with Crippen molar-refractivity contribution in [2.24, 2.45) is 7.05 Å². The summed E-state index contributed by atoms with van der Waals surface area (Å²) in [7, 11) is 3.99. The Balaban J connectivity index is 2.57. The van der Waals surface area contributed by atoms with Crippen molar-refractivity contribution in [1.82, 2.24) is 9.55 Å². The molecular formula is C11H14ClN3. The van der Waals surface area contributed by atoms with E-state index in [0.717, 1.165) is 22.5 Å². The zero-order valence-electron chi connectivity index (χ0n) is 9.16. The average Bonchev–Trinajstić information content (AvgIpc) is 2.53. The highest BCUT2D eigenvalue weighted by molar-refractivity contribution is 6.19. The molecular weight excluding hydrogens is 210 g/mol. The number of imidazole rings is 1. The molecule has 0 aliphatic heterocycles. The Hall–Kier alpha value is -1.22. The van der Waals surface area contributed by atoms with Gasteiger partial charge in [0.15, 0.2) is 0 Å². The molecule has 2 rings (SSSR count). The highest BCUT2D eigenvalue weighted by Crippen LogP contribution is 2.21. The van der Waals surface area contributed by atoms with Gasteiger partial charge in [-0.3, -0.25) is 0 Å². The third-order valence-corrected chi connectivity index (χ3v) is 3.07. The molecule has 0 bridgehead atoms. The summed E-state index contributed by atoms with van der Waals surface area (Å²) in [5, 5.41) is 0. The van der Waals surface area contributed by atoms with Crippen LogP contribution >= 0.6 is 11.6 Å². The summed E-state index contributed by atoms with van der Waals surface area (Å²) in [5.41, 5.74) is 3.26. The van der Waals surface area contributed by atoms with Gasteiger partial charge in [0.25, 0.3) is 0 Å². The van der Waals surface area contributed by atoms with Crippen LogP contribution in [0, 0.1) is 6.92 Å². The SMILES string of the molecule is Cc1nc2cc(N(C)CCl)ccc2n1C. The second kappa shape index (κ2) is 3.74. The van der Waals surface area contributed by atoms with Gasteiger partial charge < -0.3 is 9.47 Å². The van der Waals surface area contributed by atoms with E-state index < -0.39 is 0 Å². The summed E-state index contributed by atoms with van der Waals surface area (Å²) >= 11 is 5.77. The van der Waals surface area contributed by atoms with E-state index in [1.165, 1.54) is 0 Å². The van der Waals surface area contributed by atoms with E-state index in [-0.39, 0.29) is 0 Å². The molecule has 80 valence electrons. The summed E-state index contributed by atoms with van der Waals surface area (Å²) in [6.07, 6.45) is 0. The van der Waals surface area contributed by atoms with Crippen molar-refractivity contribution in [3.8, 4) is 0 Å². The Bertz CT molecular complexity index is 490. The van der Waals surface area contributed by atoms with Crippen LogP contribution in [0.1, 0.15) is 5.82 Å². The summed E-state index contributed by atoms with van der Waals surface area (Å²) in [6.45, 7) is 2.00. The molecule has 0 radical (unpaired) electrons. The van der Waals surface area contributed by atoms with Crippen LogP contribution < -0.4 is 4.90 Å². The predicted molar refractivity (Wildman–Crippen MR) is 64.6 cm³/mol. The van der Waals surface area contributed by atoms with Crippen molar-refractivity contribution in [3.63, 3.8) is 0 Å². The van der Waals surface area contributed by atoms with Crippen molar-refractivity contribution in [3.05, 3.63) is 24.0 Å². The zero-order valence-corrected chi connectivity index (χ0v) is 9.91. The molecule has 3 nitrogen and oxygen atoms in total. The molecule has 4 heteroatoms. The summed E-state index contributed by atoms with van der Waals surface area (Å²) in [6, 6.07) is 6.68. The van der Waals surface area contributed by atoms with Crippen LogP contribution in [0.15, 0.2) is 18.2 Å². The first-order chi connectivity index (χ1) is 7.13. The van der Waals surface area contributed by atoms with Gasteiger partial charge in [-0.25, -0.2) is 4.98 Å². The molecule has 1 aromatic carbocycles. The Morgan fingerprint density at radius 3 is 2.87 bits per heavy atom. The number of benzene rings is 1. The first-order valence-corrected chi connectivity index (χ1v) is 5.37. The maximum atomic E-state index is 5.77. The van der Waals surface area contributed by atoms with E-state index in [1.54, 1.807) is 0 Å². The van der Waals surface area contributed by atoms with Gasteiger partial charge in [-0.05, 0) is 25.1 Å². The number of alkyl halides is 1. The van der Waals surface area contributed by atoms with Crippen LogP contribution in [-0.4, -0.2) is 22.6 Å². The van der Waals surface area contributed by atoms with Crippen LogP contribution in [0.4, 0.5) is 5.69 Å². The minimum atomic E-state index is 0.483. The van der Waals surface area contributed by atoms with Gasteiger partial charge in [0, 0.05) is 19.8 Å². The van der Waals surface area contributed by atoms with Gasteiger partial charge in [-0.15, -0.1) is 11.6 Å². The Labute approximate surface area is 94.3 Å². The fraction of sp³-hybridized carbons (Fsp3) is 0.364. The largest absolute Gasteiger partial charge is 0.361 e. The Kier molecular flexibility index (Phi) is 2.57. The van der Waals surface area contributed by atoms with Crippen LogP contribution in [0.3, 0.4) is 0 Å². The van der Waals surface area contributed by atoms with Crippen molar-refractivity contribution in [1.29, 1.82) is 0 Å². The Morgan fingerprint density at radius 2 is 2.20 bits per heavy atom. The number of aromatic nitrogens is 2. The molecule has 1 heterocycles. The molecule has 0 fully saturated rings. The van der Waals surface area contributed by atoms with E-state index >= 15 is 0 Å². The molecule has 0 spiro atoms. The van der Waals surface area contributed by atoms with Gasteiger partial charge in [-0.1, -0.05) is 0 Å². The number of halogens is 1. The molecule has 0 saturated heterocycles. The fourth-order valence-electron chi connectivity index (χ4n) is 1.62. The molecule has 0 aliphatic rings. The maximum Gasteiger partial charge on any atom is 0.106 e. The standard InChI is InChI=1S/C11H14ClN3/c1-8-13-10-6-9(14(2)7-12)4-5-11(10)15(8)3/h4-6H,7H2,1-3H3. The lowest BCUT2D eigenvalue weighted by Crippen LogP contribution is -2.13. The normalized spacial score (nSPS) is 10.9. The van der Waals surface area contributed by atoms with Crippen LogP contribution in [-0.2, 0) is 7.05 Å². The second-order valence-electron chi connectivity index (χ2n) is 3.71.